The molecule has 2 aromatic rings. The fourth-order valence-electron chi connectivity index (χ4n) is 2.00. The molecule has 0 aliphatic carbocycles. The first-order chi connectivity index (χ1) is 10.1. The summed E-state index contributed by atoms with van der Waals surface area (Å²) < 4.78 is 4.69. The summed E-state index contributed by atoms with van der Waals surface area (Å²) in [5, 5.41) is 11.4. The van der Waals surface area contributed by atoms with E-state index in [0.717, 1.165) is 28.8 Å². The van der Waals surface area contributed by atoms with Crippen molar-refractivity contribution in [2.45, 2.75) is 39.8 Å². The average molecular weight is 354 g/mol. The molecule has 1 N–H and O–H groups in total. The number of nitrogens with one attached hydrogen (secondary N) is 1. The van der Waals surface area contributed by atoms with Gasteiger partial charge >= 0.3 is 0 Å². The highest BCUT2D eigenvalue weighted by molar-refractivity contribution is 9.10. The van der Waals surface area contributed by atoms with Crippen molar-refractivity contribution in [2.75, 3.05) is 6.54 Å². The highest BCUT2D eigenvalue weighted by Gasteiger charge is 2.05. The number of carbonyl (C=O) groups excluding carboxylic acids is 1. The van der Waals surface area contributed by atoms with Crippen LogP contribution in [-0.4, -0.2) is 32.0 Å². The minimum Gasteiger partial charge on any atom is -0.356 e. The second kappa shape index (κ2) is 7.40. The summed E-state index contributed by atoms with van der Waals surface area (Å²) in [7, 11) is 0. The van der Waals surface area contributed by atoms with E-state index in [1.54, 1.807) is 10.9 Å². The van der Waals surface area contributed by atoms with Crippen molar-refractivity contribution in [3.05, 3.63) is 34.3 Å². The third kappa shape index (κ3) is 4.70. The number of halogens is 1. The second-order valence-corrected chi connectivity index (χ2v) is 5.83. The van der Waals surface area contributed by atoms with E-state index in [2.05, 4.69) is 31.4 Å². The first-order valence-corrected chi connectivity index (χ1v) is 7.80. The van der Waals surface area contributed by atoms with Crippen LogP contribution in [0.5, 0.6) is 0 Å². The molecule has 6 nitrogen and oxygen atoms in total. The summed E-state index contributed by atoms with van der Waals surface area (Å²) in [6, 6.07) is 1.97. The Morgan fingerprint density at radius 2 is 2.19 bits per heavy atom. The third-order valence-corrected chi connectivity index (χ3v) is 4.03. The van der Waals surface area contributed by atoms with Crippen molar-refractivity contribution in [1.82, 2.24) is 24.9 Å². The summed E-state index contributed by atoms with van der Waals surface area (Å²) in [5.74, 6) is 0.0523. The number of amides is 1. The maximum atomic E-state index is 11.7. The van der Waals surface area contributed by atoms with Crippen molar-refractivity contribution in [3.8, 4) is 0 Å². The van der Waals surface area contributed by atoms with Gasteiger partial charge in [0.05, 0.1) is 10.2 Å². The summed E-state index contributed by atoms with van der Waals surface area (Å²) in [4.78, 5) is 11.7. The van der Waals surface area contributed by atoms with Crippen molar-refractivity contribution in [3.63, 3.8) is 0 Å². The first-order valence-electron chi connectivity index (χ1n) is 7.01. The van der Waals surface area contributed by atoms with Gasteiger partial charge in [0.25, 0.3) is 0 Å². The first kappa shape index (κ1) is 15.8. The number of nitrogens with zero attached hydrogens (tertiary/aromatic N) is 4. The van der Waals surface area contributed by atoms with Gasteiger partial charge in [-0.1, -0.05) is 0 Å². The Kier molecular flexibility index (Phi) is 5.55. The topological polar surface area (TPSA) is 64.7 Å². The fourth-order valence-corrected chi connectivity index (χ4v) is 2.32. The molecule has 0 atom stereocenters. The molecular formula is C14H20BrN5O. The maximum Gasteiger partial charge on any atom is 0.221 e. The number of hydrogen-bond acceptors (Lipinski definition) is 3. The zero-order chi connectivity index (χ0) is 15.2. The SMILES string of the molecule is Cc1nn(CCC(=O)NCCCn2nccc2C)cc1Br. The van der Waals surface area contributed by atoms with Crippen molar-refractivity contribution >= 4 is 21.8 Å². The van der Waals surface area contributed by atoms with E-state index >= 15 is 0 Å². The summed E-state index contributed by atoms with van der Waals surface area (Å²) in [5.41, 5.74) is 2.07. The van der Waals surface area contributed by atoms with Crippen LogP contribution in [-0.2, 0) is 17.9 Å². The summed E-state index contributed by atoms with van der Waals surface area (Å²) >= 11 is 3.41. The van der Waals surface area contributed by atoms with E-state index in [4.69, 9.17) is 0 Å². The quantitative estimate of drug-likeness (QED) is 0.774. The van der Waals surface area contributed by atoms with Gasteiger partial charge in [-0.3, -0.25) is 14.2 Å². The van der Waals surface area contributed by atoms with E-state index in [1.807, 2.05) is 30.8 Å². The molecule has 0 saturated carbocycles. The van der Waals surface area contributed by atoms with E-state index < -0.39 is 0 Å². The predicted octanol–water partition coefficient (Wildman–Crippen LogP) is 2.06. The minimum atomic E-state index is 0.0523. The zero-order valence-corrected chi connectivity index (χ0v) is 13.9. The van der Waals surface area contributed by atoms with Gasteiger partial charge < -0.3 is 5.32 Å². The van der Waals surface area contributed by atoms with Gasteiger partial charge in [0.2, 0.25) is 5.91 Å². The number of aryl methyl sites for hydroxylation is 4. The highest BCUT2D eigenvalue weighted by atomic mass is 79.9. The highest BCUT2D eigenvalue weighted by Crippen LogP contribution is 2.13. The van der Waals surface area contributed by atoms with Gasteiger partial charge in [0.1, 0.15) is 0 Å². The molecule has 21 heavy (non-hydrogen) atoms. The van der Waals surface area contributed by atoms with Gasteiger partial charge in [-0.2, -0.15) is 10.2 Å². The van der Waals surface area contributed by atoms with Crippen LogP contribution in [0.3, 0.4) is 0 Å². The molecule has 1 amide bonds. The molecule has 0 aromatic carbocycles. The smallest absolute Gasteiger partial charge is 0.221 e. The molecule has 2 rings (SSSR count). The van der Waals surface area contributed by atoms with Gasteiger partial charge in [0, 0.05) is 44.1 Å². The largest absolute Gasteiger partial charge is 0.356 e. The van der Waals surface area contributed by atoms with Crippen LogP contribution in [0.2, 0.25) is 0 Å². The molecule has 0 fully saturated rings. The number of aromatic nitrogens is 4. The molecule has 0 aliphatic rings. The average Bonchev–Trinajstić information content (AvgIpc) is 2.99. The Morgan fingerprint density at radius 1 is 1.38 bits per heavy atom. The molecule has 2 aromatic heterocycles. The third-order valence-electron chi connectivity index (χ3n) is 3.25. The van der Waals surface area contributed by atoms with E-state index in [-0.39, 0.29) is 5.91 Å². The van der Waals surface area contributed by atoms with Crippen LogP contribution >= 0.6 is 15.9 Å². The minimum absolute atomic E-state index is 0.0523. The van der Waals surface area contributed by atoms with Crippen LogP contribution in [0.25, 0.3) is 0 Å². The maximum absolute atomic E-state index is 11.7. The lowest BCUT2D eigenvalue weighted by atomic mass is 10.3. The number of rotatable bonds is 7. The van der Waals surface area contributed by atoms with Crippen molar-refractivity contribution in [1.29, 1.82) is 0 Å². The van der Waals surface area contributed by atoms with Gasteiger partial charge in [-0.05, 0) is 42.3 Å². The van der Waals surface area contributed by atoms with E-state index in [9.17, 15) is 4.79 Å². The Labute approximate surface area is 132 Å². The van der Waals surface area contributed by atoms with E-state index in [0.29, 0.717) is 19.5 Å². The van der Waals surface area contributed by atoms with E-state index in [1.165, 1.54) is 0 Å². The standard InChI is InChI=1S/C14H20BrN5O/c1-11-4-7-17-20(11)8-3-6-16-14(21)5-9-19-10-13(15)12(2)18-19/h4,7,10H,3,5-6,8-9H2,1-2H3,(H,16,21). The molecule has 0 aliphatic heterocycles. The predicted molar refractivity (Wildman–Crippen MR) is 83.9 cm³/mol. The number of hydrogen-bond donors (Lipinski definition) is 1. The normalized spacial score (nSPS) is 10.8. The van der Waals surface area contributed by atoms with Crippen LogP contribution in [0.4, 0.5) is 0 Å². The Balaban J connectivity index is 1.62. The van der Waals surface area contributed by atoms with Gasteiger partial charge in [0.15, 0.2) is 0 Å². The van der Waals surface area contributed by atoms with Gasteiger partial charge in [-0.15, -0.1) is 0 Å². The van der Waals surface area contributed by atoms with Crippen LogP contribution < -0.4 is 5.32 Å². The monoisotopic (exact) mass is 353 g/mol. The lowest BCUT2D eigenvalue weighted by molar-refractivity contribution is -0.121. The van der Waals surface area contributed by atoms with Crippen LogP contribution in [0, 0.1) is 13.8 Å². The summed E-state index contributed by atoms with van der Waals surface area (Å²) in [6.45, 7) is 6.04. The Morgan fingerprint density at radius 3 is 2.81 bits per heavy atom. The molecular weight excluding hydrogens is 334 g/mol. The fraction of sp³-hybridized carbons (Fsp3) is 0.500. The molecule has 2 heterocycles. The van der Waals surface area contributed by atoms with Gasteiger partial charge in [-0.25, -0.2) is 0 Å². The summed E-state index contributed by atoms with van der Waals surface area (Å²) in [6.07, 6.45) is 5.00. The lowest BCUT2D eigenvalue weighted by Gasteiger charge is -2.07. The van der Waals surface area contributed by atoms with Crippen LogP contribution in [0.15, 0.2) is 22.9 Å². The molecule has 7 heteroatoms. The lowest BCUT2D eigenvalue weighted by Crippen LogP contribution is -2.26. The molecule has 0 spiro atoms. The molecule has 0 saturated heterocycles. The molecule has 0 radical (unpaired) electrons. The Hall–Kier alpha value is -1.63. The van der Waals surface area contributed by atoms with Crippen molar-refractivity contribution < 1.29 is 4.79 Å². The van der Waals surface area contributed by atoms with Crippen LogP contribution in [0.1, 0.15) is 24.2 Å². The molecule has 0 unspecified atom stereocenters. The van der Waals surface area contributed by atoms with Crippen molar-refractivity contribution in [2.24, 2.45) is 0 Å². The zero-order valence-electron chi connectivity index (χ0n) is 12.3. The molecule has 0 bridgehead atoms. The number of carbonyl (C=O) groups is 1. The molecule has 114 valence electrons. The second-order valence-electron chi connectivity index (χ2n) is 4.97. The Bertz CT molecular complexity index is 585.